The third-order valence-electron chi connectivity index (χ3n) is 7.42. The fourth-order valence-corrected chi connectivity index (χ4v) is 5.12. The Labute approximate surface area is 235 Å². The summed E-state index contributed by atoms with van der Waals surface area (Å²) >= 11 is 0. The third kappa shape index (κ3) is 6.24. The Kier molecular flexibility index (Phi) is 9.99. The Balaban J connectivity index is 1.52. The monoisotopic (exact) mass is 584 g/mol. The minimum Gasteiger partial charge on any atom is -0.502 e. The van der Waals surface area contributed by atoms with Crippen LogP contribution in [-0.2, 0) is 20.8 Å². The number of phenols is 2. The molecule has 4 rings (SSSR count). The number of aromatic hydroxyl groups is 2. The van der Waals surface area contributed by atoms with E-state index in [-0.39, 0.29) is 53.8 Å². The summed E-state index contributed by atoms with van der Waals surface area (Å²) < 4.78 is 27.1. The van der Waals surface area contributed by atoms with Crippen molar-refractivity contribution < 1.29 is 69.2 Å². The zero-order chi connectivity index (χ0) is 29.8. The first-order valence-corrected chi connectivity index (χ1v) is 12.9. The molecule has 41 heavy (non-hydrogen) atoms. The summed E-state index contributed by atoms with van der Waals surface area (Å²) in [5.74, 6) is -0.848. The topological polar surface area (TPSA) is 206 Å². The molecule has 0 spiro atoms. The molecule has 2 aliphatic heterocycles. The predicted octanol–water partition coefficient (Wildman–Crippen LogP) is -0.227. The standard InChI is InChI=1S/C27H36O14/c1-35-16-5-12(6-19(22(16)31)40-41-27-25(34)24(33)23(32)20(10-29)39-27)4-14-11-38-26(15(14)9-28)13-7-17(36-2)21(30)18(8-13)37-3/h5-8,14-15,20,23-34H,4,9-11H2,1-3H3/t14-,15-,20+,23+,24-,25+,26+,27-/m0/s1. The maximum Gasteiger partial charge on any atom is 0.232 e. The van der Waals surface area contributed by atoms with Gasteiger partial charge in [0.05, 0.1) is 40.6 Å². The first kappa shape index (κ1) is 30.9. The molecule has 228 valence electrons. The van der Waals surface area contributed by atoms with Crippen LogP contribution in [0.5, 0.6) is 34.5 Å². The largest absolute Gasteiger partial charge is 0.502 e. The van der Waals surface area contributed by atoms with Gasteiger partial charge >= 0.3 is 0 Å². The molecule has 7 N–H and O–H groups in total. The van der Waals surface area contributed by atoms with Gasteiger partial charge in [-0.15, -0.1) is 0 Å². The van der Waals surface area contributed by atoms with E-state index in [0.717, 1.165) is 0 Å². The van der Waals surface area contributed by atoms with Crippen LogP contribution in [0.25, 0.3) is 0 Å². The fourth-order valence-electron chi connectivity index (χ4n) is 5.12. The maximum atomic E-state index is 10.6. The molecule has 2 fully saturated rings. The van der Waals surface area contributed by atoms with Crippen LogP contribution >= 0.6 is 0 Å². The number of ether oxygens (including phenoxy) is 5. The zero-order valence-electron chi connectivity index (χ0n) is 22.7. The molecule has 2 saturated heterocycles. The molecular weight excluding hydrogens is 548 g/mol. The first-order chi connectivity index (χ1) is 19.7. The average Bonchev–Trinajstić information content (AvgIpc) is 3.39. The van der Waals surface area contributed by atoms with Crippen LogP contribution in [0.4, 0.5) is 0 Å². The lowest BCUT2D eigenvalue weighted by Crippen LogP contribution is -2.59. The highest BCUT2D eigenvalue weighted by molar-refractivity contribution is 5.54. The van der Waals surface area contributed by atoms with Crippen LogP contribution in [0.15, 0.2) is 24.3 Å². The van der Waals surface area contributed by atoms with Gasteiger partial charge in [-0.05, 0) is 47.7 Å². The first-order valence-electron chi connectivity index (χ1n) is 12.9. The van der Waals surface area contributed by atoms with Gasteiger partial charge in [0.25, 0.3) is 0 Å². The van der Waals surface area contributed by atoms with Gasteiger partial charge in [0.15, 0.2) is 17.2 Å². The number of hydrogen-bond donors (Lipinski definition) is 7. The minimum absolute atomic E-state index is 0.0546. The predicted molar refractivity (Wildman–Crippen MR) is 138 cm³/mol. The Bertz CT molecular complexity index is 1150. The van der Waals surface area contributed by atoms with E-state index in [4.69, 9.17) is 33.5 Å². The summed E-state index contributed by atoms with van der Waals surface area (Å²) in [7, 11) is 4.18. The Morgan fingerprint density at radius 1 is 0.780 bits per heavy atom. The van der Waals surface area contributed by atoms with Crippen molar-refractivity contribution in [3.63, 3.8) is 0 Å². The zero-order valence-corrected chi connectivity index (χ0v) is 22.7. The minimum atomic E-state index is -1.71. The number of phenolic OH excluding ortho intramolecular Hbond substituents is 2. The maximum absolute atomic E-state index is 10.6. The van der Waals surface area contributed by atoms with Crippen molar-refractivity contribution in [2.45, 2.75) is 43.2 Å². The molecule has 0 bridgehead atoms. The number of aliphatic hydroxyl groups is 5. The van der Waals surface area contributed by atoms with Crippen molar-refractivity contribution in [2.24, 2.45) is 11.8 Å². The lowest BCUT2D eigenvalue weighted by molar-refractivity contribution is -0.387. The molecule has 0 saturated carbocycles. The van der Waals surface area contributed by atoms with Crippen LogP contribution < -0.4 is 19.1 Å². The Hall–Kier alpha value is -3.08. The highest BCUT2D eigenvalue weighted by Crippen LogP contribution is 2.46. The summed E-state index contributed by atoms with van der Waals surface area (Å²) in [6.07, 6.45) is -7.94. The van der Waals surface area contributed by atoms with Crippen LogP contribution in [0, 0.1) is 11.8 Å². The highest BCUT2D eigenvalue weighted by Gasteiger charge is 2.45. The van der Waals surface area contributed by atoms with Crippen LogP contribution in [0.3, 0.4) is 0 Å². The summed E-state index contributed by atoms with van der Waals surface area (Å²) in [5.41, 5.74) is 1.28. The molecule has 0 radical (unpaired) electrons. The molecule has 8 atom stereocenters. The number of aliphatic hydroxyl groups excluding tert-OH is 5. The van der Waals surface area contributed by atoms with E-state index < -0.39 is 49.2 Å². The lowest BCUT2D eigenvalue weighted by atomic mass is 9.84. The van der Waals surface area contributed by atoms with Crippen molar-refractivity contribution in [1.82, 2.24) is 0 Å². The average molecular weight is 585 g/mol. The van der Waals surface area contributed by atoms with Gasteiger partial charge in [0, 0.05) is 12.5 Å². The quantitative estimate of drug-likeness (QED) is 0.135. The second kappa shape index (κ2) is 13.3. The molecule has 2 aromatic carbocycles. The second-order valence-electron chi connectivity index (χ2n) is 9.86. The SMILES string of the molecule is COc1cc([C@H]2OC[C@H](Cc3cc(OC)c(O)c(OO[C@@H]4O[C@H](CO)[C@@H](O)[C@H](O)[C@H]4O)c3)[C@@H]2CO)cc(OC)c1O. The van der Waals surface area contributed by atoms with Gasteiger partial charge in [-0.25, -0.2) is 0 Å². The van der Waals surface area contributed by atoms with E-state index in [9.17, 15) is 35.7 Å². The highest BCUT2D eigenvalue weighted by atomic mass is 17.2. The molecule has 2 aliphatic rings. The number of hydrogen-bond acceptors (Lipinski definition) is 14. The molecule has 14 heteroatoms. The second-order valence-corrected chi connectivity index (χ2v) is 9.86. The fraction of sp³-hybridized carbons (Fsp3) is 0.556. The molecule has 0 aliphatic carbocycles. The van der Waals surface area contributed by atoms with Gasteiger partial charge in [-0.3, -0.25) is 0 Å². The summed E-state index contributed by atoms with van der Waals surface area (Å²) in [4.78, 5) is 10.4. The molecular formula is C27H36O14. The van der Waals surface area contributed by atoms with Gasteiger partial charge in [-0.1, -0.05) is 0 Å². The molecule has 0 unspecified atom stereocenters. The van der Waals surface area contributed by atoms with Gasteiger partial charge in [0.1, 0.15) is 24.4 Å². The van der Waals surface area contributed by atoms with Crippen LogP contribution in [0.1, 0.15) is 17.2 Å². The Morgan fingerprint density at radius 3 is 1.95 bits per heavy atom. The van der Waals surface area contributed by atoms with Crippen molar-refractivity contribution in [1.29, 1.82) is 0 Å². The van der Waals surface area contributed by atoms with Crippen molar-refractivity contribution in [3.05, 3.63) is 35.4 Å². The molecule has 0 amide bonds. The van der Waals surface area contributed by atoms with E-state index in [2.05, 4.69) is 0 Å². The van der Waals surface area contributed by atoms with Crippen LogP contribution in [-0.4, -0.2) is 108 Å². The third-order valence-corrected chi connectivity index (χ3v) is 7.42. The van der Waals surface area contributed by atoms with Gasteiger partial charge in [0.2, 0.25) is 23.5 Å². The Morgan fingerprint density at radius 2 is 1.37 bits per heavy atom. The number of methoxy groups -OCH3 is 3. The number of benzene rings is 2. The van der Waals surface area contributed by atoms with E-state index in [1.807, 2.05) is 0 Å². The normalized spacial score (nSPS) is 29.8. The summed E-state index contributed by atoms with van der Waals surface area (Å²) in [6.45, 7) is -0.582. The van der Waals surface area contributed by atoms with Crippen LogP contribution in [0.2, 0.25) is 0 Å². The van der Waals surface area contributed by atoms with Gasteiger partial charge < -0.3 is 64.3 Å². The molecule has 2 aromatic rings. The molecule has 0 aromatic heterocycles. The van der Waals surface area contributed by atoms with Crippen molar-refractivity contribution in [2.75, 3.05) is 41.2 Å². The van der Waals surface area contributed by atoms with Crippen molar-refractivity contribution in [3.8, 4) is 34.5 Å². The summed E-state index contributed by atoms with van der Waals surface area (Å²) in [5, 5.41) is 70.6. The van der Waals surface area contributed by atoms with E-state index in [0.29, 0.717) is 17.5 Å². The van der Waals surface area contributed by atoms with Gasteiger partial charge in [-0.2, -0.15) is 4.89 Å². The smallest absolute Gasteiger partial charge is 0.232 e. The van der Waals surface area contributed by atoms with E-state index >= 15 is 0 Å². The summed E-state index contributed by atoms with van der Waals surface area (Å²) in [6, 6.07) is 6.31. The number of rotatable bonds is 11. The van der Waals surface area contributed by atoms with Crippen molar-refractivity contribution >= 4 is 0 Å². The molecule has 14 nitrogen and oxygen atoms in total. The molecule has 2 heterocycles. The lowest BCUT2D eigenvalue weighted by Gasteiger charge is -2.38. The van der Waals surface area contributed by atoms with E-state index in [1.165, 1.54) is 27.4 Å². The van der Waals surface area contributed by atoms with E-state index in [1.54, 1.807) is 18.2 Å².